The highest BCUT2D eigenvalue weighted by atomic mass is 15.1. The van der Waals surface area contributed by atoms with Crippen LogP contribution in [0, 0.1) is 0 Å². The van der Waals surface area contributed by atoms with Gasteiger partial charge >= 0.3 is 0 Å². The van der Waals surface area contributed by atoms with Crippen molar-refractivity contribution in [3.8, 4) is 0 Å². The van der Waals surface area contributed by atoms with Gasteiger partial charge in [-0.15, -0.1) is 0 Å². The Morgan fingerprint density at radius 1 is 0.613 bits per heavy atom. The number of anilines is 1. The Balaban J connectivity index is 1.94. The number of aryl methyl sites for hydroxylation is 1. The maximum absolute atomic E-state index is 2.60. The van der Waals surface area contributed by atoms with E-state index in [2.05, 4.69) is 91.2 Å². The van der Waals surface area contributed by atoms with Gasteiger partial charge in [-0.3, -0.25) is 0 Å². The molecule has 0 aliphatic rings. The second-order valence-corrected chi connectivity index (χ2v) is 8.76. The second kappa shape index (κ2) is 15.7. The monoisotopic (exact) mass is 421 g/mol. The molecule has 0 aliphatic carbocycles. The lowest BCUT2D eigenvalue weighted by Crippen LogP contribution is -2.32. The number of rotatable bonds is 16. The molecule has 1 aromatic heterocycles. The summed E-state index contributed by atoms with van der Waals surface area (Å²) in [5.74, 6) is 0. The molecule has 0 N–H and O–H groups in total. The Morgan fingerprint density at radius 3 is 1.65 bits per heavy atom. The molecular weight excluding hydrogens is 376 g/mol. The van der Waals surface area contributed by atoms with Crippen LogP contribution < -0.4 is 9.47 Å². The van der Waals surface area contributed by atoms with E-state index in [4.69, 9.17) is 0 Å². The van der Waals surface area contributed by atoms with Gasteiger partial charge in [0.1, 0.15) is 6.54 Å². The van der Waals surface area contributed by atoms with Crippen molar-refractivity contribution in [2.24, 2.45) is 0 Å². The van der Waals surface area contributed by atoms with Crippen LogP contribution in [0.2, 0.25) is 0 Å². The SMILES string of the molecule is CCCCCCN(CCCCCC)c1ccc(/C=C/c2cc[n+](CCCC)cc2)cc1. The molecular formula is C29H45N2+. The Morgan fingerprint density at radius 2 is 1.13 bits per heavy atom. The number of benzene rings is 1. The van der Waals surface area contributed by atoms with E-state index in [9.17, 15) is 0 Å². The summed E-state index contributed by atoms with van der Waals surface area (Å²) in [4.78, 5) is 2.60. The average molecular weight is 422 g/mol. The molecule has 0 saturated heterocycles. The van der Waals surface area contributed by atoms with Gasteiger partial charge in [0.25, 0.3) is 0 Å². The zero-order valence-corrected chi connectivity index (χ0v) is 20.4. The van der Waals surface area contributed by atoms with Gasteiger partial charge in [0.05, 0.1) is 0 Å². The number of unbranched alkanes of at least 4 members (excludes halogenated alkanes) is 7. The molecule has 2 nitrogen and oxygen atoms in total. The predicted molar refractivity (Wildman–Crippen MR) is 137 cm³/mol. The quantitative estimate of drug-likeness (QED) is 0.197. The predicted octanol–water partition coefficient (Wildman–Crippen LogP) is 7.91. The molecule has 0 amide bonds. The van der Waals surface area contributed by atoms with Crippen LogP contribution in [-0.4, -0.2) is 13.1 Å². The van der Waals surface area contributed by atoms with E-state index < -0.39 is 0 Å². The van der Waals surface area contributed by atoms with Gasteiger partial charge in [0, 0.05) is 37.3 Å². The van der Waals surface area contributed by atoms with Crippen molar-refractivity contribution in [3.63, 3.8) is 0 Å². The minimum absolute atomic E-state index is 1.11. The lowest BCUT2D eigenvalue weighted by molar-refractivity contribution is -0.697. The number of nitrogens with zero attached hydrogens (tertiary/aromatic N) is 2. The molecule has 2 rings (SSSR count). The molecule has 1 heterocycles. The Labute approximate surface area is 192 Å². The summed E-state index contributed by atoms with van der Waals surface area (Å²) in [6.07, 6.45) is 21.9. The first-order chi connectivity index (χ1) is 15.3. The first-order valence-corrected chi connectivity index (χ1v) is 12.8. The summed E-state index contributed by atoms with van der Waals surface area (Å²) in [6.45, 7) is 10.3. The second-order valence-electron chi connectivity index (χ2n) is 8.76. The summed E-state index contributed by atoms with van der Waals surface area (Å²) in [5, 5.41) is 0. The van der Waals surface area contributed by atoms with E-state index in [-0.39, 0.29) is 0 Å². The van der Waals surface area contributed by atoms with Crippen molar-refractivity contribution in [1.82, 2.24) is 0 Å². The summed E-state index contributed by atoms with van der Waals surface area (Å²) in [6, 6.07) is 13.6. The van der Waals surface area contributed by atoms with Gasteiger partial charge in [-0.2, -0.15) is 0 Å². The highest BCUT2D eigenvalue weighted by molar-refractivity contribution is 5.70. The fourth-order valence-corrected chi connectivity index (χ4v) is 3.89. The molecule has 2 heteroatoms. The zero-order chi connectivity index (χ0) is 22.2. The van der Waals surface area contributed by atoms with Crippen LogP contribution in [0.3, 0.4) is 0 Å². The van der Waals surface area contributed by atoms with E-state index in [0.29, 0.717) is 0 Å². The minimum atomic E-state index is 1.11. The molecule has 0 fully saturated rings. The van der Waals surface area contributed by atoms with Crippen LogP contribution in [-0.2, 0) is 6.54 Å². The van der Waals surface area contributed by atoms with Crippen molar-refractivity contribution in [3.05, 3.63) is 59.9 Å². The third-order valence-electron chi connectivity index (χ3n) is 5.98. The van der Waals surface area contributed by atoms with E-state index in [1.165, 1.54) is 94.1 Å². The molecule has 0 aliphatic heterocycles. The van der Waals surface area contributed by atoms with Gasteiger partial charge in [0.15, 0.2) is 12.4 Å². The Bertz CT molecular complexity index is 703. The van der Waals surface area contributed by atoms with Crippen LogP contribution in [0.1, 0.15) is 96.1 Å². The van der Waals surface area contributed by atoms with Gasteiger partial charge < -0.3 is 4.90 Å². The van der Waals surface area contributed by atoms with E-state index >= 15 is 0 Å². The molecule has 1 aromatic carbocycles. The highest BCUT2D eigenvalue weighted by Gasteiger charge is 2.06. The molecule has 0 bridgehead atoms. The van der Waals surface area contributed by atoms with Crippen molar-refractivity contribution in [2.75, 3.05) is 18.0 Å². The van der Waals surface area contributed by atoms with Gasteiger partial charge in [-0.1, -0.05) is 90.0 Å². The molecule has 0 atom stereocenters. The first kappa shape index (κ1) is 25.2. The van der Waals surface area contributed by atoms with E-state index in [1.54, 1.807) is 0 Å². The largest absolute Gasteiger partial charge is 0.372 e. The third kappa shape index (κ3) is 10.2. The lowest BCUT2D eigenvalue weighted by Gasteiger charge is -2.25. The van der Waals surface area contributed by atoms with Crippen molar-refractivity contribution in [2.45, 2.75) is 91.5 Å². The standard InChI is InChI=1S/C29H45N2/c1-4-7-10-12-23-31(24-13-11-8-5-2)29-18-16-27(17-19-29)14-15-28-20-25-30(26-21-28)22-9-6-3/h14-21,25-26H,4-13,22-24H2,1-3H3/q+1. The first-order valence-electron chi connectivity index (χ1n) is 12.8. The molecule has 0 saturated carbocycles. The molecule has 0 spiro atoms. The average Bonchev–Trinajstić information content (AvgIpc) is 2.81. The topological polar surface area (TPSA) is 7.12 Å². The third-order valence-corrected chi connectivity index (χ3v) is 5.98. The Kier molecular flexibility index (Phi) is 12.7. The summed E-state index contributed by atoms with van der Waals surface area (Å²) >= 11 is 0. The van der Waals surface area contributed by atoms with Crippen LogP contribution in [0.25, 0.3) is 12.2 Å². The molecule has 2 aromatic rings. The van der Waals surface area contributed by atoms with Crippen molar-refractivity contribution >= 4 is 17.8 Å². The minimum Gasteiger partial charge on any atom is -0.372 e. The smallest absolute Gasteiger partial charge is 0.169 e. The maximum Gasteiger partial charge on any atom is 0.169 e. The van der Waals surface area contributed by atoms with E-state index in [0.717, 1.165) is 6.54 Å². The van der Waals surface area contributed by atoms with Gasteiger partial charge in [-0.05, 0) is 36.1 Å². The number of pyridine rings is 1. The number of aromatic nitrogens is 1. The van der Waals surface area contributed by atoms with Crippen LogP contribution in [0.5, 0.6) is 0 Å². The molecule has 0 radical (unpaired) electrons. The summed E-state index contributed by atoms with van der Waals surface area (Å²) in [7, 11) is 0. The summed E-state index contributed by atoms with van der Waals surface area (Å²) in [5.41, 5.74) is 3.90. The highest BCUT2D eigenvalue weighted by Crippen LogP contribution is 2.19. The fourth-order valence-electron chi connectivity index (χ4n) is 3.89. The maximum atomic E-state index is 2.60. The van der Waals surface area contributed by atoms with Crippen LogP contribution in [0.4, 0.5) is 5.69 Å². The zero-order valence-electron chi connectivity index (χ0n) is 20.4. The molecule has 31 heavy (non-hydrogen) atoms. The van der Waals surface area contributed by atoms with E-state index in [1.807, 2.05) is 0 Å². The molecule has 170 valence electrons. The Hall–Kier alpha value is -2.09. The normalized spacial score (nSPS) is 11.3. The van der Waals surface area contributed by atoms with Gasteiger partial charge in [-0.25, -0.2) is 4.57 Å². The summed E-state index contributed by atoms with van der Waals surface area (Å²) < 4.78 is 2.27. The number of hydrogen-bond acceptors (Lipinski definition) is 1. The van der Waals surface area contributed by atoms with Crippen LogP contribution >= 0.6 is 0 Å². The van der Waals surface area contributed by atoms with Crippen LogP contribution in [0.15, 0.2) is 48.8 Å². The fraction of sp³-hybridized carbons (Fsp3) is 0.552. The molecule has 0 unspecified atom stereocenters. The van der Waals surface area contributed by atoms with Gasteiger partial charge in [0.2, 0.25) is 0 Å². The van der Waals surface area contributed by atoms with Crippen molar-refractivity contribution in [1.29, 1.82) is 0 Å². The number of hydrogen-bond donors (Lipinski definition) is 0. The van der Waals surface area contributed by atoms with Crippen molar-refractivity contribution < 1.29 is 4.57 Å². The lowest BCUT2D eigenvalue weighted by atomic mass is 10.1.